The van der Waals surface area contributed by atoms with E-state index in [0.29, 0.717) is 10.7 Å². The molecule has 3 N–H and O–H groups in total. The van der Waals surface area contributed by atoms with Crippen LogP contribution in [0.4, 0.5) is 5.95 Å². The summed E-state index contributed by atoms with van der Waals surface area (Å²) < 4.78 is 0.556. The van der Waals surface area contributed by atoms with E-state index in [4.69, 9.17) is 29.5 Å². The number of carboxylic acid groups (broad SMARTS) is 1. The fraction of sp³-hybridized carbons (Fsp3) is 0.500. The van der Waals surface area contributed by atoms with E-state index in [0.717, 1.165) is 0 Å². The molecule has 0 saturated heterocycles. The number of rotatable bonds is 4. The van der Waals surface area contributed by atoms with Crippen LogP contribution in [0.25, 0.3) is 0 Å². The fourth-order valence-corrected chi connectivity index (χ4v) is 1.61. The van der Waals surface area contributed by atoms with Crippen molar-refractivity contribution in [2.75, 3.05) is 11.4 Å². The predicted molar refractivity (Wildman–Crippen MR) is 64.7 cm³/mol. The molecule has 0 radical (unpaired) electrons. The summed E-state index contributed by atoms with van der Waals surface area (Å²) in [6.07, 6.45) is 0. The van der Waals surface area contributed by atoms with Crippen molar-refractivity contribution in [3.8, 4) is 0 Å². The lowest BCUT2D eigenvalue weighted by molar-refractivity contribution is -0.135. The van der Waals surface area contributed by atoms with Crippen molar-refractivity contribution >= 4 is 36.4 Å². The molecule has 0 fully saturated rings. The Bertz CT molecular complexity index is 465. The van der Waals surface area contributed by atoms with E-state index in [1.165, 1.54) is 0 Å². The summed E-state index contributed by atoms with van der Waals surface area (Å²) >= 11 is 9.79. The molecule has 1 aromatic rings. The van der Waals surface area contributed by atoms with Crippen LogP contribution in [0.2, 0.25) is 0 Å². The number of hydrogen-bond donors (Lipinski definition) is 3. The molecule has 0 spiro atoms. The van der Waals surface area contributed by atoms with E-state index in [2.05, 4.69) is 15.0 Å². The molecule has 0 saturated carbocycles. The highest BCUT2D eigenvalue weighted by atomic mass is 32.1. The molecular weight excluding hydrogens is 248 g/mol. The van der Waals surface area contributed by atoms with Crippen LogP contribution in [0.1, 0.15) is 13.8 Å². The van der Waals surface area contributed by atoms with Gasteiger partial charge in [-0.15, -0.1) is 0 Å². The van der Waals surface area contributed by atoms with Gasteiger partial charge < -0.3 is 20.0 Å². The highest BCUT2D eigenvalue weighted by Gasteiger charge is 2.15. The summed E-state index contributed by atoms with van der Waals surface area (Å²) in [6.45, 7) is 3.57. The fourth-order valence-electron chi connectivity index (χ4n) is 1.17. The van der Waals surface area contributed by atoms with Crippen LogP contribution >= 0.6 is 24.4 Å². The minimum absolute atomic E-state index is 0.0222. The summed E-state index contributed by atoms with van der Waals surface area (Å²) in [6, 6.07) is -0.0222. The summed E-state index contributed by atoms with van der Waals surface area (Å²) in [5.74, 6) is -0.570. The van der Waals surface area contributed by atoms with Gasteiger partial charge in [0.1, 0.15) is 6.54 Å². The first-order valence-corrected chi connectivity index (χ1v) is 5.41. The van der Waals surface area contributed by atoms with E-state index in [-0.39, 0.29) is 17.4 Å². The summed E-state index contributed by atoms with van der Waals surface area (Å²) in [4.78, 5) is 21.7. The number of carbonyl (C=O) groups is 1. The molecule has 0 atom stereocenters. The number of aromatic amines is 2. The van der Waals surface area contributed by atoms with Gasteiger partial charge in [-0.2, -0.15) is 4.98 Å². The maximum absolute atomic E-state index is 10.7. The highest BCUT2D eigenvalue weighted by Crippen LogP contribution is 2.09. The SMILES string of the molecule is CC(C)N(CC(=O)O)c1nc(=S)[nH]c(=S)[nH]1. The number of aromatic nitrogens is 3. The molecule has 8 heteroatoms. The molecule has 0 amide bonds. The average Bonchev–Trinajstić information content (AvgIpc) is 2.11. The molecule has 6 nitrogen and oxygen atoms in total. The van der Waals surface area contributed by atoms with Crippen LogP contribution in [0.15, 0.2) is 0 Å². The van der Waals surface area contributed by atoms with Gasteiger partial charge in [0.25, 0.3) is 0 Å². The molecule has 0 bridgehead atoms. The monoisotopic (exact) mass is 260 g/mol. The number of carboxylic acids is 1. The van der Waals surface area contributed by atoms with Crippen molar-refractivity contribution in [3.63, 3.8) is 0 Å². The smallest absolute Gasteiger partial charge is 0.323 e. The van der Waals surface area contributed by atoms with Crippen LogP contribution in [-0.4, -0.2) is 38.6 Å². The number of nitrogens with one attached hydrogen (secondary N) is 2. The number of aliphatic carboxylic acids is 1. The van der Waals surface area contributed by atoms with E-state index in [1.807, 2.05) is 13.8 Å². The minimum atomic E-state index is -0.937. The van der Waals surface area contributed by atoms with Crippen molar-refractivity contribution in [3.05, 3.63) is 9.54 Å². The zero-order valence-corrected chi connectivity index (χ0v) is 10.5. The Hall–Kier alpha value is -1.28. The number of hydrogen-bond acceptors (Lipinski definition) is 5. The van der Waals surface area contributed by atoms with Crippen LogP contribution < -0.4 is 4.90 Å². The Morgan fingerprint density at radius 3 is 2.56 bits per heavy atom. The second kappa shape index (κ2) is 5.17. The Labute approximate surface area is 102 Å². The van der Waals surface area contributed by atoms with E-state index in [9.17, 15) is 4.79 Å². The third-order valence-corrected chi connectivity index (χ3v) is 2.25. The molecule has 1 heterocycles. The summed E-state index contributed by atoms with van der Waals surface area (Å²) in [5, 5.41) is 8.79. The minimum Gasteiger partial charge on any atom is -0.480 e. The summed E-state index contributed by atoms with van der Waals surface area (Å²) in [5.41, 5.74) is 0. The number of H-pyrrole nitrogens is 2. The number of anilines is 1. The largest absolute Gasteiger partial charge is 0.480 e. The van der Waals surface area contributed by atoms with E-state index >= 15 is 0 Å². The van der Waals surface area contributed by atoms with Gasteiger partial charge in [-0.1, -0.05) is 0 Å². The summed E-state index contributed by atoms with van der Waals surface area (Å²) in [7, 11) is 0. The van der Waals surface area contributed by atoms with Crippen molar-refractivity contribution in [1.29, 1.82) is 0 Å². The highest BCUT2D eigenvalue weighted by molar-refractivity contribution is 7.71. The molecule has 1 rings (SSSR count). The Morgan fingerprint density at radius 1 is 1.50 bits per heavy atom. The van der Waals surface area contributed by atoms with Gasteiger partial charge in [0.05, 0.1) is 0 Å². The lowest BCUT2D eigenvalue weighted by Gasteiger charge is -2.24. The van der Waals surface area contributed by atoms with Gasteiger partial charge in [-0.05, 0) is 38.3 Å². The molecule has 16 heavy (non-hydrogen) atoms. The van der Waals surface area contributed by atoms with Crippen molar-refractivity contribution in [1.82, 2.24) is 15.0 Å². The lowest BCUT2D eigenvalue weighted by Crippen LogP contribution is -2.37. The lowest BCUT2D eigenvalue weighted by atomic mass is 10.3. The van der Waals surface area contributed by atoms with Gasteiger partial charge in [-0.3, -0.25) is 4.79 Å². The van der Waals surface area contributed by atoms with E-state index < -0.39 is 5.97 Å². The molecule has 0 aliphatic rings. The first-order chi connectivity index (χ1) is 7.40. The molecule has 0 aromatic carbocycles. The Morgan fingerprint density at radius 2 is 2.12 bits per heavy atom. The Balaban J connectivity index is 3.15. The van der Waals surface area contributed by atoms with Gasteiger partial charge >= 0.3 is 5.97 Å². The van der Waals surface area contributed by atoms with E-state index in [1.54, 1.807) is 4.90 Å². The zero-order chi connectivity index (χ0) is 12.3. The van der Waals surface area contributed by atoms with Gasteiger partial charge in [-0.25, -0.2) is 0 Å². The van der Waals surface area contributed by atoms with Gasteiger partial charge in [0.2, 0.25) is 10.7 Å². The first kappa shape index (κ1) is 12.8. The molecule has 0 aliphatic carbocycles. The standard InChI is InChI=1S/C8H12N4O2S2/c1-4(2)12(3-5(13)14)6-9-7(15)11-8(16)10-6/h4H,3H2,1-2H3,(H,13,14)(H2,9,10,11,15,16). The Kier molecular flexibility index (Phi) is 4.13. The van der Waals surface area contributed by atoms with Crippen LogP contribution in [-0.2, 0) is 4.79 Å². The van der Waals surface area contributed by atoms with Crippen molar-refractivity contribution in [2.24, 2.45) is 0 Å². The van der Waals surface area contributed by atoms with Gasteiger partial charge in [0, 0.05) is 6.04 Å². The topological polar surface area (TPSA) is 85.0 Å². The average molecular weight is 260 g/mol. The zero-order valence-electron chi connectivity index (χ0n) is 8.85. The third-order valence-electron chi connectivity index (χ3n) is 1.85. The molecule has 1 aromatic heterocycles. The van der Waals surface area contributed by atoms with Crippen molar-refractivity contribution < 1.29 is 9.90 Å². The normalized spacial score (nSPS) is 10.4. The van der Waals surface area contributed by atoms with Crippen LogP contribution in [0.5, 0.6) is 0 Å². The van der Waals surface area contributed by atoms with Crippen LogP contribution in [0, 0.1) is 9.54 Å². The van der Waals surface area contributed by atoms with Crippen LogP contribution in [0.3, 0.4) is 0 Å². The molecule has 88 valence electrons. The maximum atomic E-state index is 10.7. The molecule has 0 aliphatic heterocycles. The van der Waals surface area contributed by atoms with Crippen molar-refractivity contribution in [2.45, 2.75) is 19.9 Å². The first-order valence-electron chi connectivity index (χ1n) is 4.59. The molecule has 0 unspecified atom stereocenters. The molecular formula is C8H12N4O2S2. The predicted octanol–water partition coefficient (Wildman–Crippen LogP) is 1.50. The maximum Gasteiger partial charge on any atom is 0.323 e. The second-order valence-electron chi connectivity index (χ2n) is 3.44. The second-order valence-corrected chi connectivity index (χ2v) is 4.23. The van der Waals surface area contributed by atoms with Gasteiger partial charge in [0.15, 0.2) is 4.77 Å². The number of nitrogens with zero attached hydrogens (tertiary/aromatic N) is 2. The third kappa shape index (κ3) is 3.38. The quantitative estimate of drug-likeness (QED) is 0.711.